The van der Waals surface area contributed by atoms with Crippen LogP contribution in [0.2, 0.25) is 0 Å². The fourth-order valence-electron chi connectivity index (χ4n) is 2.47. The average Bonchev–Trinajstić information content (AvgIpc) is 2.92. The lowest BCUT2D eigenvalue weighted by Crippen LogP contribution is -2.49. The summed E-state index contributed by atoms with van der Waals surface area (Å²) in [5, 5.41) is 5.35. The maximum atomic E-state index is 4.82. The van der Waals surface area contributed by atoms with Gasteiger partial charge in [-0.2, -0.15) is 11.8 Å². The summed E-state index contributed by atoms with van der Waals surface area (Å²) in [7, 11) is 0. The van der Waals surface area contributed by atoms with E-state index in [1.54, 1.807) is 11.3 Å². The molecule has 2 rings (SSSR count). The third-order valence-electron chi connectivity index (χ3n) is 3.73. The molecule has 1 aliphatic heterocycles. The van der Waals surface area contributed by atoms with Crippen LogP contribution in [0, 0.1) is 12.8 Å². The summed E-state index contributed by atoms with van der Waals surface area (Å²) < 4.78 is 0. The molecule has 0 bridgehead atoms. The summed E-state index contributed by atoms with van der Waals surface area (Å²) in [5.41, 5.74) is 0. The summed E-state index contributed by atoms with van der Waals surface area (Å²) in [6.07, 6.45) is 2.88. The Labute approximate surface area is 166 Å². The molecule has 1 aromatic rings. The Hall–Kier alpha value is -0.0200. The molecule has 0 aromatic carbocycles. The smallest absolute Gasteiger partial charge is 0.193 e. The van der Waals surface area contributed by atoms with E-state index in [9.17, 15) is 0 Å². The number of nitrogens with zero attached hydrogens (tertiary/aromatic N) is 3. The van der Waals surface area contributed by atoms with Crippen LogP contribution in [0.25, 0.3) is 0 Å². The van der Waals surface area contributed by atoms with E-state index >= 15 is 0 Å². The molecule has 7 heteroatoms. The second-order valence-electron chi connectivity index (χ2n) is 5.95. The van der Waals surface area contributed by atoms with Crippen LogP contribution in [-0.4, -0.2) is 53.0 Å². The topological polar surface area (TPSA) is 40.5 Å². The highest BCUT2D eigenvalue weighted by molar-refractivity contribution is 14.0. The molecule has 0 saturated carbocycles. The molecule has 1 aliphatic rings. The molecule has 0 radical (unpaired) electrons. The quantitative estimate of drug-likeness (QED) is 0.407. The number of nitrogens with one attached hydrogen (secondary N) is 1. The molecule has 23 heavy (non-hydrogen) atoms. The van der Waals surface area contributed by atoms with Crippen LogP contribution in [0.4, 0.5) is 0 Å². The van der Waals surface area contributed by atoms with E-state index in [1.807, 2.05) is 6.20 Å². The Kier molecular flexibility index (Phi) is 9.84. The molecule has 0 aliphatic carbocycles. The van der Waals surface area contributed by atoms with Gasteiger partial charge in [-0.3, -0.25) is 4.99 Å². The fraction of sp³-hybridized carbons (Fsp3) is 0.750. The number of aromatic nitrogens is 1. The number of hydrogen-bond donors (Lipinski definition) is 1. The van der Waals surface area contributed by atoms with Crippen LogP contribution >= 0.6 is 47.1 Å². The van der Waals surface area contributed by atoms with E-state index in [-0.39, 0.29) is 24.0 Å². The molecule has 1 fully saturated rings. The maximum absolute atomic E-state index is 4.82. The molecule has 1 saturated heterocycles. The number of halogens is 1. The minimum absolute atomic E-state index is 0. The number of rotatable bonds is 5. The lowest BCUT2D eigenvalue weighted by atomic mass is 10.1. The molecule has 1 N–H and O–H groups in total. The zero-order valence-corrected chi connectivity index (χ0v) is 18.5. The average molecular weight is 468 g/mol. The molecule has 0 amide bonds. The van der Waals surface area contributed by atoms with Crippen LogP contribution in [0.1, 0.15) is 30.7 Å². The number of aliphatic imine (C=N–C) groups is 1. The molecular weight excluding hydrogens is 439 g/mol. The Morgan fingerprint density at radius 1 is 1.52 bits per heavy atom. The van der Waals surface area contributed by atoms with Gasteiger partial charge >= 0.3 is 0 Å². The third kappa shape index (κ3) is 6.78. The molecule has 2 heterocycles. The lowest BCUT2D eigenvalue weighted by Gasteiger charge is -2.36. The zero-order chi connectivity index (χ0) is 15.9. The molecule has 0 spiro atoms. The normalized spacial score (nSPS) is 18.9. The van der Waals surface area contributed by atoms with Gasteiger partial charge in [-0.25, -0.2) is 4.98 Å². The Balaban J connectivity index is 0.00000264. The van der Waals surface area contributed by atoms with Gasteiger partial charge in [0.25, 0.3) is 0 Å². The van der Waals surface area contributed by atoms with Crippen LogP contribution in [0.15, 0.2) is 11.2 Å². The first-order valence-electron chi connectivity index (χ1n) is 8.16. The fourth-order valence-corrected chi connectivity index (χ4v) is 4.55. The molecule has 1 aromatic heterocycles. The number of hydrogen-bond acceptors (Lipinski definition) is 4. The van der Waals surface area contributed by atoms with Crippen molar-refractivity contribution >= 4 is 53.0 Å². The summed E-state index contributed by atoms with van der Waals surface area (Å²) >= 11 is 3.88. The summed E-state index contributed by atoms with van der Waals surface area (Å²) in [5.74, 6) is 2.98. The predicted octanol–water partition coefficient (Wildman–Crippen LogP) is 3.65. The van der Waals surface area contributed by atoms with Crippen LogP contribution in [-0.2, 0) is 6.42 Å². The summed E-state index contributed by atoms with van der Waals surface area (Å²) in [6.45, 7) is 12.8. The summed E-state index contributed by atoms with van der Waals surface area (Å²) in [4.78, 5) is 12.9. The highest BCUT2D eigenvalue weighted by Crippen LogP contribution is 2.24. The number of thioether (sulfide) groups is 1. The second-order valence-corrected chi connectivity index (χ2v) is 8.62. The van der Waals surface area contributed by atoms with E-state index in [0.717, 1.165) is 38.6 Å². The number of aryl methyl sites for hydroxylation is 1. The van der Waals surface area contributed by atoms with Gasteiger partial charge in [-0.15, -0.1) is 35.3 Å². The van der Waals surface area contributed by atoms with Crippen molar-refractivity contribution in [1.82, 2.24) is 15.2 Å². The van der Waals surface area contributed by atoms with Crippen molar-refractivity contribution in [2.75, 3.05) is 31.9 Å². The largest absolute Gasteiger partial charge is 0.357 e. The predicted molar refractivity (Wildman–Crippen MR) is 115 cm³/mol. The minimum Gasteiger partial charge on any atom is -0.357 e. The first-order chi connectivity index (χ1) is 10.6. The van der Waals surface area contributed by atoms with Gasteiger partial charge in [0.1, 0.15) is 0 Å². The van der Waals surface area contributed by atoms with E-state index in [4.69, 9.17) is 4.99 Å². The SMILES string of the molecule is CCNC(=NCCc1ncc(C)s1)N1CCSC(C(C)C)C1.I. The Morgan fingerprint density at radius 2 is 2.30 bits per heavy atom. The van der Waals surface area contributed by atoms with Crippen molar-refractivity contribution in [3.8, 4) is 0 Å². The molecule has 132 valence electrons. The van der Waals surface area contributed by atoms with Crippen LogP contribution in [0.5, 0.6) is 0 Å². The van der Waals surface area contributed by atoms with Crippen molar-refractivity contribution in [2.24, 2.45) is 10.9 Å². The van der Waals surface area contributed by atoms with E-state index in [0.29, 0.717) is 11.2 Å². The number of thiazole rings is 1. The zero-order valence-electron chi connectivity index (χ0n) is 14.5. The number of guanidine groups is 1. The second kappa shape index (κ2) is 10.8. The third-order valence-corrected chi connectivity index (χ3v) is 6.24. The van der Waals surface area contributed by atoms with Gasteiger partial charge in [0.15, 0.2) is 5.96 Å². The highest BCUT2D eigenvalue weighted by Gasteiger charge is 2.24. The molecular formula is C16H29IN4S2. The standard InChI is InChI=1S/C16H28N4S2.HI/c1-5-17-16(18-7-6-15-19-10-13(4)22-15)20-8-9-21-14(11-20)12(2)3;/h10,12,14H,5-9,11H2,1-4H3,(H,17,18);1H. The highest BCUT2D eigenvalue weighted by atomic mass is 127. The van der Waals surface area contributed by atoms with Gasteiger partial charge in [0.05, 0.1) is 5.01 Å². The lowest BCUT2D eigenvalue weighted by molar-refractivity contribution is 0.381. The maximum Gasteiger partial charge on any atom is 0.193 e. The van der Waals surface area contributed by atoms with Gasteiger partial charge < -0.3 is 10.2 Å². The van der Waals surface area contributed by atoms with Crippen LogP contribution < -0.4 is 5.32 Å². The van der Waals surface area contributed by atoms with Crippen molar-refractivity contribution in [1.29, 1.82) is 0 Å². The van der Waals surface area contributed by atoms with Gasteiger partial charge in [0, 0.05) is 54.7 Å². The van der Waals surface area contributed by atoms with E-state index in [2.05, 4.69) is 54.7 Å². The van der Waals surface area contributed by atoms with Gasteiger partial charge in [0.2, 0.25) is 0 Å². The van der Waals surface area contributed by atoms with Crippen LogP contribution in [0.3, 0.4) is 0 Å². The first-order valence-corrected chi connectivity index (χ1v) is 10.0. The Morgan fingerprint density at radius 3 is 2.91 bits per heavy atom. The van der Waals surface area contributed by atoms with Crippen molar-refractivity contribution in [3.63, 3.8) is 0 Å². The van der Waals surface area contributed by atoms with Crippen molar-refractivity contribution < 1.29 is 0 Å². The molecule has 1 unspecified atom stereocenters. The first kappa shape index (κ1) is 21.0. The van der Waals surface area contributed by atoms with E-state index in [1.165, 1.54) is 15.6 Å². The van der Waals surface area contributed by atoms with Crippen molar-refractivity contribution in [3.05, 3.63) is 16.1 Å². The summed E-state index contributed by atoms with van der Waals surface area (Å²) in [6, 6.07) is 0. The monoisotopic (exact) mass is 468 g/mol. The van der Waals surface area contributed by atoms with Crippen molar-refractivity contribution in [2.45, 2.75) is 39.4 Å². The minimum atomic E-state index is 0. The van der Waals surface area contributed by atoms with Gasteiger partial charge in [-0.05, 0) is 19.8 Å². The Bertz CT molecular complexity index is 490. The van der Waals surface area contributed by atoms with E-state index < -0.39 is 0 Å². The van der Waals surface area contributed by atoms with Gasteiger partial charge in [-0.1, -0.05) is 13.8 Å². The molecule has 1 atom stereocenters. The molecule has 4 nitrogen and oxygen atoms in total.